The average molecular weight is 744 g/mol. The topological polar surface area (TPSA) is 77.5 Å². The van der Waals surface area contributed by atoms with Crippen LogP contribution in [-0.2, 0) is 24.2 Å². The molecule has 1 aliphatic rings. The van der Waals surface area contributed by atoms with Gasteiger partial charge >= 0.3 is 12.2 Å². The summed E-state index contributed by atoms with van der Waals surface area (Å²) in [6.07, 6.45) is 0.232. The maximum absolute atomic E-state index is 14.3. The predicted molar refractivity (Wildman–Crippen MR) is 214 cm³/mol. The van der Waals surface area contributed by atoms with Gasteiger partial charge in [0.15, 0.2) is 0 Å². The van der Waals surface area contributed by atoms with Crippen LogP contribution in [0.1, 0.15) is 91.8 Å². The van der Waals surface area contributed by atoms with E-state index in [-0.39, 0.29) is 23.8 Å². The molecule has 3 aromatic rings. The van der Waals surface area contributed by atoms with E-state index in [9.17, 15) is 9.59 Å². The van der Waals surface area contributed by atoms with Crippen LogP contribution in [0, 0.1) is 17.3 Å². The van der Waals surface area contributed by atoms with Gasteiger partial charge in [0.2, 0.25) is 9.04 Å². The molecular weight excluding hydrogens is 681 g/mol. The monoisotopic (exact) mass is 743 g/mol. The second kappa shape index (κ2) is 16.8. The Morgan fingerprint density at radius 3 is 1.62 bits per heavy atom. The molecule has 0 aromatic heterocycles. The minimum absolute atomic E-state index is 0.115. The lowest BCUT2D eigenvalue weighted by molar-refractivity contribution is -0.119. The molecule has 4 rings (SSSR count). The molecule has 2 amide bonds. The molecule has 1 fully saturated rings. The first-order valence-electron chi connectivity index (χ1n) is 18.9. The van der Waals surface area contributed by atoms with Crippen LogP contribution in [0.2, 0.25) is 13.1 Å². The zero-order valence-electron chi connectivity index (χ0n) is 34.2. The lowest BCUT2D eigenvalue weighted by atomic mass is 9.76. The SMILES string of the molecule is CN(CC(CCOC(c1ccccc1)(c1ccccc1)c1ccccc1)[C@@]1(O[Si](C)C)C[C@H](C(C)(C)C)CN1C(=O)OC(C)(C)C)C(=O)OC(C)(C)C. The number of hydrogen-bond donors (Lipinski definition) is 0. The molecule has 53 heavy (non-hydrogen) atoms. The highest BCUT2D eigenvalue weighted by molar-refractivity contribution is 6.48. The van der Waals surface area contributed by atoms with Gasteiger partial charge in [-0.05, 0) is 95.5 Å². The van der Waals surface area contributed by atoms with Gasteiger partial charge < -0.3 is 23.5 Å². The van der Waals surface area contributed by atoms with Crippen LogP contribution in [0.15, 0.2) is 91.0 Å². The van der Waals surface area contributed by atoms with Crippen molar-refractivity contribution in [3.63, 3.8) is 0 Å². The van der Waals surface area contributed by atoms with Crippen molar-refractivity contribution in [3.8, 4) is 0 Å². The van der Waals surface area contributed by atoms with Crippen molar-refractivity contribution in [1.82, 2.24) is 9.80 Å². The Hall–Kier alpha value is -3.66. The molecule has 0 N–H and O–H groups in total. The molecule has 1 radical (unpaired) electrons. The number of carbonyl (C=O) groups excluding carboxylic acids is 2. The molecule has 1 heterocycles. The maximum Gasteiger partial charge on any atom is 0.412 e. The van der Waals surface area contributed by atoms with Crippen molar-refractivity contribution in [2.45, 2.75) is 111 Å². The molecule has 3 atom stereocenters. The average Bonchev–Trinajstić information content (AvgIpc) is 3.46. The molecule has 1 aliphatic heterocycles. The largest absolute Gasteiger partial charge is 0.444 e. The summed E-state index contributed by atoms with van der Waals surface area (Å²) in [5.41, 5.74) is -0.491. The second-order valence-corrected chi connectivity index (χ2v) is 19.7. The molecule has 3 aromatic carbocycles. The van der Waals surface area contributed by atoms with Crippen LogP contribution in [0.5, 0.6) is 0 Å². The molecule has 1 unspecified atom stereocenters. The third kappa shape index (κ3) is 10.5. The first-order valence-corrected chi connectivity index (χ1v) is 21.3. The molecular formula is C44H63N2O6Si. The lowest BCUT2D eigenvalue weighted by Crippen LogP contribution is -2.59. The molecule has 289 valence electrons. The standard InChI is InChI=1S/C44H63N2O6Si/c1-40(2,3)37-30-43(52-53(11)12,46(32-37)39(48)51-42(7,8)9)36(31-45(10)38(47)50-41(4,5)6)28-29-49-44(33-22-16-13-17-23-33,34-24-18-14-19-25-34)35-26-20-15-21-27-35/h13-27,36-37H,28-32H2,1-12H3/t36?,37-,43-/m0/s1. The highest BCUT2D eigenvalue weighted by atomic mass is 28.3. The van der Waals surface area contributed by atoms with Gasteiger partial charge in [-0.15, -0.1) is 0 Å². The van der Waals surface area contributed by atoms with Gasteiger partial charge in [-0.3, -0.25) is 4.90 Å². The van der Waals surface area contributed by atoms with Gasteiger partial charge in [0, 0.05) is 32.7 Å². The second-order valence-electron chi connectivity index (χ2n) is 17.7. The lowest BCUT2D eigenvalue weighted by Gasteiger charge is -2.47. The number of hydrogen-bond acceptors (Lipinski definition) is 6. The number of amides is 2. The summed E-state index contributed by atoms with van der Waals surface area (Å²) >= 11 is 0. The number of carbonyl (C=O) groups is 2. The van der Waals surface area contributed by atoms with E-state index < -0.39 is 43.8 Å². The predicted octanol–water partition coefficient (Wildman–Crippen LogP) is 10.1. The first-order chi connectivity index (χ1) is 24.7. The van der Waals surface area contributed by atoms with Gasteiger partial charge in [-0.2, -0.15) is 0 Å². The Kier molecular flexibility index (Phi) is 13.3. The van der Waals surface area contributed by atoms with Crippen LogP contribution in [0.25, 0.3) is 0 Å². The Balaban J connectivity index is 1.87. The van der Waals surface area contributed by atoms with E-state index in [1.165, 1.54) is 0 Å². The fourth-order valence-electron chi connectivity index (χ4n) is 7.28. The summed E-state index contributed by atoms with van der Waals surface area (Å²) in [6.45, 7) is 23.1. The molecule has 0 spiro atoms. The molecule has 1 saturated heterocycles. The van der Waals surface area contributed by atoms with Crippen LogP contribution in [0.4, 0.5) is 9.59 Å². The van der Waals surface area contributed by atoms with Crippen LogP contribution >= 0.6 is 0 Å². The Morgan fingerprint density at radius 1 is 0.774 bits per heavy atom. The summed E-state index contributed by atoms with van der Waals surface area (Å²) in [4.78, 5) is 31.4. The number of rotatable bonds is 12. The van der Waals surface area contributed by atoms with E-state index in [0.717, 1.165) is 16.7 Å². The smallest absolute Gasteiger partial charge is 0.412 e. The minimum Gasteiger partial charge on any atom is -0.444 e. The molecule has 9 heteroatoms. The van der Waals surface area contributed by atoms with E-state index in [4.69, 9.17) is 18.6 Å². The zero-order valence-corrected chi connectivity index (χ0v) is 35.2. The third-order valence-corrected chi connectivity index (χ3v) is 10.5. The Labute approximate surface area is 320 Å². The summed E-state index contributed by atoms with van der Waals surface area (Å²) in [5.74, 6) is -0.247. The fourth-order valence-corrected chi connectivity index (χ4v) is 8.34. The van der Waals surface area contributed by atoms with E-state index in [0.29, 0.717) is 26.0 Å². The quantitative estimate of drug-likeness (QED) is 0.136. The minimum atomic E-state index is -1.39. The van der Waals surface area contributed by atoms with Crippen molar-refractivity contribution in [3.05, 3.63) is 108 Å². The van der Waals surface area contributed by atoms with Crippen LogP contribution < -0.4 is 0 Å². The fraction of sp³-hybridized carbons (Fsp3) is 0.545. The summed E-state index contributed by atoms with van der Waals surface area (Å²) in [7, 11) is 0.374. The summed E-state index contributed by atoms with van der Waals surface area (Å²) < 4.78 is 26.4. The van der Waals surface area contributed by atoms with Gasteiger partial charge in [-0.1, -0.05) is 112 Å². The molecule has 8 nitrogen and oxygen atoms in total. The van der Waals surface area contributed by atoms with Crippen molar-refractivity contribution in [2.75, 3.05) is 26.7 Å². The third-order valence-electron chi connectivity index (χ3n) is 9.78. The number of benzene rings is 3. The van der Waals surface area contributed by atoms with E-state index >= 15 is 0 Å². The normalized spacial score (nSPS) is 18.9. The number of ether oxygens (including phenoxy) is 3. The van der Waals surface area contributed by atoms with Crippen molar-refractivity contribution < 1.29 is 28.2 Å². The maximum atomic E-state index is 14.3. The molecule has 0 saturated carbocycles. The zero-order chi connectivity index (χ0) is 39.2. The van der Waals surface area contributed by atoms with E-state index in [1.807, 2.05) is 101 Å². The number of likely N-dealkylation sites (tertiary alicyclic amines) is 1. The van der Waals surface area contributed by atoms with Gasteiger partial charge in [0.25, 0.3) is 0 Å². The molecule has 0 bridgehead atoms. The summed E-state index contributed by atoms with van der Waals surface area (Å²) in [5, 5.41) is 0. The first kappa shape index (κ1) is 42.1. The van der Waals surface area contributed by atoms with Crippen LogP contribution in [-0.4, -0.2) is 74.7 Å². The van der Waals surface area contributed by atoms with E-state index in [2.05, 4.69) is 70.3 Å². The van der Waals surface area contributed by atoms with Gasteiger partial charge in [0.1, 0.15) is 22.5 Å². The van der Waals surface area contributed by atoms with Crippen molar-refractivity contribution in [2.24, 2.45) is 17.3 Å². The van der Waals surface area contributed by atoms with Gasteiger partial charge in [0.05, 0.1) is 0 Å². The highest BCUT2D eigenvalue weighted by Crippen LogP contribution is 2.49. The van der Waals surface area contributed by atoms with Crippen molar-refractivity contribution in [1.29, 1.82) is 0 Å². The van der Waals surface area contributed by atoms with Crippen molar-refractivity contribution >= 4 is 21.2 Å². The Bertz CT molecular complexity index is 1520. The Morgan fingerprint density at radius 2 is 1.23 bits per heavy atom. The summed E-state index contributed by atoms with van der Waals surface area (Å²) in [6, 6.07) is 30.9. The van der Waals surface area contributed by atoms with Crippen LogP contribution in [0.3, 0.4) is 0 Å². The van der Waals surface area contributed by atoms with Gasteiger partial charge in [-0.25, -0.2) is 9.59 Å². The molecule has 0 aliphatic carbocycles. The number of nitrogens with zero attached hydrogens (tertiary/aromatic N) is 2. The highest BCUT2D eigenvalue weighted by Gasteiger charge is 2.57. The van der Waals surface area contributed by atoms with E-state index in [1.54, 1.807) is 11.9 Å².